The summed E-state index contributed by atoms with van der Waals surface area (Å²) in [5.41, 5.74) is 1.93. The fourth-order valence-electron chi connectivity index (χ4n) is 1.79. The van der Waals surface area contributed by atoms with Gasteiger partial charge in [-0.2, -0.15) is 0 Å². The number of nitrogens with one attached hydrogen (secondary N) is 1. The van der Waals surface area contributed by atoms with Crippen LogP contribution in [0, 0.1) is 0 Å². The Bertz CT molecular complexity index is 664. The number of hydrogen-bond donors (Lipinski definition) is 1. The predicted molar refractivity (Wildman–Crippen MR) is 84.7 cm³/mol. The molecule has 0 aliphatic carbocycles. The Morgan fingerprint density at radius 1 is 1.14 bits per heavy atom. The van der Waals surface area contributed by atoms with Crippen molar-refractivity contribution in [1.29, 1.82) is 0 Å². The molecule has 4 nitrogen and oxygen atoms in total. The number of hydrogen-bond acceptors (Lipinski definition) is 4. The van der Waals surface area contributed by atoms with Crippen LogP contribution < -0.4 is 4.72 Å². The molecule has 0 fully saturated rings. The summed E-state index contributed by atoms with van der Waals surface area (Å²) in [4.78, 5) is 0. The molecule has 0 bridgehead atoms. The summed E-state index contributed by atoms with van der Waals surface area (Å²) >= 11 is 1.21. The summed E-state index contributed by atoms with van der Waals surface area (Å²) in [6, 6.07) is 11.0. The molecule has 1 aromatic carbocycles. The van der Waals surface area contributed by atoms with Gasteiger partial charge in [0.05, 0.1) is 12.7 Å². The van der Waals surface area contributed by atoms with E-state index in [-0.39, 0.29) is 12.6 Å². The second kappa shape index (κ2) is 7.17. The Kier molecular flexibility index (Phi) is 5.52. The van der Waals surface area contributed by atoms with Gasteiger partial charge in [-0.05, 0) is 36.4 Å². The third kappa shape index (κ3) is 4.64. The highest BCUT2D eigenvalue weighted by Crippen LogP contribution is 2.17. The van der Waals surface area contributed by atoms with Gasteiger partial charge in [0.25, 0.3) is 0 Å². The Morgan fingerprint density at radius 2 is 1.86 bits per heavy atom. The van der Waals surface area contributed by atoms with Crippen LogP contribution in [-0.2, 0) is 27.9 Å². The summed E-state index contributed by atoms with van der Waals surface area (Å²) < 4.78 is 32.8. The molecule has 2 aromatic rings. The maximum atomic E-state index is 12.1. The fourth-order valence-corrected chi connectivity index (χ4v) is 3.83. The van der Waals surface area contributed by atoms with E-state index in [0.29, 0.717) is 10.8 Å². The van der Waals surface area contributed by atoms with E-state index in [0.717, 1.165) is 11.1 Å². The zero-order chi connectivity index (χ0) is 15.3. The lowest BCUT2D eigenvalue weighted by Gasteiger charge is -2.12. The zero-order valence-electron chi connectivity index (χ0n) is 12.1. The standard InChI is InChI=1S/C15H19NO3S2/c1-12(2)19-11-14-7-4-3-6-13(14)10-16-21(17,18)15-8-5-9-20-15/h3-9,12,16H,10-11H2,1-2H3. The predicted octanol–water partition coefficient (Wildman–Crippen LogP) is 3.15. The van der Waals surface area contributed by atoms with Crippen molar-refractivity contribution >= 4 is 21.4 Å². The van der Waals surface area contributed by atoms with Crippen LogP contribution in [0.25, 0.3) is 0 Å². The first-order chi connectivity index (χ1) is 9.99. The smallest absolute Gasteiger partial charge is 0.250 e. The Labute approximate surface area is 129 Å². The van der Waals surface area contributed by atoms with Gasteiger partial charge in [0.15, 0.2) is 0 Å². The average Bonchev–Trinajstić information content (AvgIpc) is 2.99. The van der Waals surface area contributed by atoms with E-state index in [1.807, 2.05) is 38.1 Å². The lowest BCUT2D eigenvalue weighted by atomic mass is 10.1. The first-order valence-corrected chi connectivity index (χ1v) is 9.07. The van der Waals surface area contributed by atoms with Crippen LogP contribution in [0.4, 0.5) is 0 Å². The quantitative estimate of drug-likeness (QED) is 0.851. The molecule has 114 valence electrons. The molecule has 0 saturated heterocycles. The van der Waals surface area contributed by atoms with Gasteiger partial charge >= 0.3 is 0 Å². The van der Waals surface area contributed by atoms with Crippen molar-refractivity contribution in [2.24, 2.45) is 0 Å². The molecule has 0 atom stereocenters. The van der Waals surface area contributed by atoms with Gasteiger partial charge in [-0.15, -0.1) is 11.3 Å². The lowest BCUT2D eigenvalue weighted by Crippen LogP contribution is -2.23. The van der Waals surface area contributed by atoms with Crippen molar-refractivity contribution in [2.45, 2.75) is 37.3 Å². The van der Waals surface area contributed by atoms with Gasteiger partial charge in [0.1, 0.15) is 4.21 Å². The maximum Gasteiger partial charge on any atom is 0.250 e. The monoisotopic (exact) mass is 325 g/mol. The van der Waals surface area contributed by atoms with Crippen molar-refractivity contribution in [3.8, 4) is 0 Å². The summed E-state index contributed by atoms with van der Waals surface area (Å²) in [6.07, 6.45) is 0.140. The Morgan fingerprint density at radius 3 is 2.48 bits per heavy atom. The second-order valence-corrected chi connectivity index (χ2v) is 7.83. The van der Waals surface area contributed by atoms with Gasteiger partial charge in [-0.3, -0.25) is 0 Å². The van der Waals surface area contributed by atoms with Crippen LogP contribution in [0.2, 0.25) is 0 Å². The van der Waals surface area contributed by atoms with E-state index in [1.165, 1.54) is 11.3 Å². The zero-order valence-corrected chi connectivity index (χ0v) is 13.7. The van der Waals surface area contributed by atoms with Gasteiger partial charge in [0, 0.05) is 6.54 Å². The van der Waals surface area contributed by atoms with Crippen molar-refractivity contribution in [3.63, 3.8) is 0 Å². The van der Waals surface area contributed by atoms with Crippen LogP contribution in [0.5, 0.6) is 0 Å². The van der Waals surface area contributed by atoms with Crippen LogP contribution in [0.3, 0.4) is 0 Å². The molecule has 0 aliphatic rings. The summed E-state index contributed by atoms with van der Waals surface area (Å²) in [6.45, 7) is 4.69. The molecule has 0 amide bonds. The Balaban J connectivity index is 2.06. The van der Waals surface area contributed by atoms with Crippen molar-refractivity contribution < 1.29 is 13.2 Å². The molecule has 0 unspecified atom stereocenters. The highest BCUT2D eigenvalue weighted by Gasteiger charge is 2.15. The first-order valence-electron chi connectivity index (χ1n) is 6.70. The number of rotatable bonds is 7. The van der Waals surface area contributed by atoms with Crippen LogP contribution in [0.15, 0.2) is 46.0 Å². The average molecular weight is 325 g/mol. The molecule has 0 saturated carbocycles. The second-order valence-electron chi connectivity index (χ2n) is 4.89. The first kappa shape index (κ1) is 16.2. The third-order valence-electron chi connectivity index (χ3n) is 2.90. The minimum atomic E-state index is -3.44. The van der Waals surface area contributed by atoms with Gasteiger partial charge < -0.3 is 4.74 Å². The number of benzene rings is 1. The van der Waals surface area contributed by atoms with E-state index in [1.54, 1.807) is 17.5 Å². The number of thiophene rings is 1. The lowest BCUT2D eigenvalue weighted by molar-refractivity contribution is 0.0652. The molecule has 0 aliphatic heterocycles. The van der Waals surface area contributed by atoms with Crippen molar-refractivity contribution in [2.75, 3.05) is 0 Å². The molecule has 1 aromatic heterocycles. The largest absolute Gasteiger partial charge is 0.374 e. The fraction of sp³-hybridized carbons (Fsp3) is 0.333. The van der Waals surface area contributed by atoms with Crippen LogP contribution in [0.1, 0.15) is 25.0 Å². The van der Waals surface area contributed by atoms with Crippen LogP contribution >= 0.6 is 11.3 Å². The highest BCUT2D eigenvalue weighted by molar-refractivity contribution is 7.91. The minimum absolute atomic E-state index is 0.140. The summed E-state index contributed by atoms with van der Waals surface area (Å²) in [5, 5.41) is 1.75. The number of ether oxygens (including phenoxy) is 1. The number of sulfonamides is 1. The van der Waals surface area contributed by atoms with Gasteiger partial charge in [-0.1, -0.05) is 30.3 Å². The molecular formula is C15H19NO3S2. The van der Waals surface area contributed by atoms with E-state index >= 15 is 0 Å². The molecule has 0 spiro atoms. The third-order valence-corrected chi connectivity index (χ3v) is 5.70. The summed E-state index contributed by atoms with van der Waals surface area (Å²) in [5.74, 6) is 0. The summed E-state index contributed by atoms with van der Waals surface area (Å²) in [7, 11) is -3.44. The molecule has 1 N–H and O–H groups in total. The topological polar surface area (TPSA) is 55.4 Å². The van der Waals surface area contributed by atoms with E-state index < -0.39 is 10.0 Å². The van der Waals surface area contributed by atoms with Crippen LogP contribution in [-0.4, -0.2) is 14.5 Å². The molecular weight excluding hydrogens is 306 g/mol. The van der Waals surface area contributed by atoms with Gasteiger partial charge in [0.2, 0.25) is 10.0 Å². The highest BCUT2D eigenvalue weighted by atomic mass is 32.2. The van der Waals surface area contributed by atoms with Crippen molar-refractivity contribution in [1.82, 2.24) is 4.72 Å². The SMILES string of the molecule is CC(C)OCc1ccccc1CNS(=O)(=O)c1cccs1. The maximum absolute atomic E-state index is 12.1. The van der Waals surface area contributed by atoms with E-state index in [2.05, 4.69) is 4.72 Å². The Hall–Kier alpha value is -1.21. The molecule has 2 rings (SSSR count). The van der Waals surface area contributed by atoms with E-state index in [4.69, 9.17) is 4.74 Å². The van der Waals surface area contributed by atoms with Crippen molar-refractivity contribution in [3.05, 3.63) is 52.9 Å². The molecule has 21 heavy (non-hydrogen) atoms. The normalized spacial score (nSPS) is 12.0. The minimum Gasteiger partial charge on any atom is -0.374 e. The molecule has 1 heterocycles. The molecule has 6 heteroatoms. The van der Waals surface area contributed by atoms with Gasteiger partial charge in [-0.25, -0.2) is 13.1 Å². The van der Waals surface area contributed by atoms with E-state index in [9.17, 15) is 8.42 Å². The molecule has 0 radical (unpaired) electrons.